The topological polar surface area (TPSA) is 141 Å². The second kappa shape index (κ2) is 8.09. The fraction of sp³-hybridized carbons (Fsp3) is 0.615. The molecule has 2 saturated carbocycles. The van der Waals surface area contributed by atoms with Crippen LogP contribution in [0.2, 0.25) is 0 Å². The number of amides is 1. The van der Waals surface area contributed by atoms with Crippen LogP contribution in [0.5, 0.6) is 0 Å². The molecule has 2 aliphatic heterocycles. The number of hydrazine groups is 1. The van der Waals surface area contributed by atoms with Gasteiger partial charge in [0.15, 0.2) is 5.78 Å². The average Bonchev–Trinajstić information content (AvgIpc) is 3.47. The van der Waals surface area contributed by atoms with Gasteiger partial charge in [-0.3, -0.25) is 14.5 Å². The van der Waals surface area contributed by atoms with Gasteiger partial charge in [0, 0.05) is 59.5 Å². The van der Waals surface area contributed by atoms with E-state index in [1.807, 2.05) is 24.8 Å². The van der Waals surface area contributed by atoms with Crippen LogP contribution < -0.4 is 16.7 Å². The molecule has 1 aromatic heterocycles. The van der Waals surface area contributed by atoms with E-state index >= 15 is 0 Å². The van der Waals surface area contributed by atoms with Crippen molar-refractivity contribution in [1.29, 1.82) is 0 Å². The van der Waals surface area contributed by atoms with E-state index < -0.39 is 6.10 Å². The summed E-state index contributed by atoms with van der Waals surface area (Å²) in [6.07, 6.45) is 6.75. The minimum atomic E-state index is -0.677. The molecule has 192 valence electrons. The number of aliphatic hydroxyl groups is 1. The molecule has 0 aromatic carbocycles. The lowest BCUT2D eigenvalue weighted by Crippen LogP contribution is -2.74. The van der Waals surface area contributed by atoms with Crippen LogP contribution in [0.15, 0.2) is 28.5 Å². The van der Waals surface area contributed by atoms with Crippen LogP contribution in [0.4, 0.5) is 5.82 Å². The number of nitrogens with zero attached hydrogens (tertiary/aromatic N) is 5. The van der Waals surface area contributed by atoms with E-state index in [2.05, 4.69) is 15.0 Å². The molecule has 2 saturated heterocycles. The van der Waals surface area contributed by atoms with E-state index in [1.165, 1.54) is 11.3 Å². The highest BCUT2D eigenvalue weighted by atomic mass is 16.3. The molecular formula is C26H35N7O3. The number of hydrogen-bond acceptors (Lipinski definition) is 8. The van der Waals surface area contributed by atoms with Crippen molar-refractivity contribution in [2.24, 2.45) is 27.6 Å². The second-order valence-electron chi connectivity index (χ2n) is 11.4. The maximum absolute atomic E-state index is 13.8. The molecule has 1 aromatic rings. The number of allylic oxidation sites excluding steroid dienone is 2. The molecule has 5 N–H and O–H groups in total. The number of aromatic nitrogens is 1. The fourth-order valence-corrected chi connectivity index (χ4v) is 7.99. The number of hydrogen-bond donors (Lipinski definition) is 3. The largest absolute Gasteiger partial charge is 0.387 e. The Morgan fingerprint density at radius 1 is 1.28 bits per heavy atom. The van der Waals surface area contributed by atoms with Gasteiger partial charge in [-0.1, -0.05) is 6.07 Å². The van der Waals surface area contributed by atoms with E-state index in [-0.39, 0.29) is 22.5 Å². The summed E-state index contributed by atoms with van der Waals surface area (Å²) in [5.41, 5.74) is 3.10. The van der Waals surface area contributed by atoms with Crippen molar-refractivity contribution in [3.05, 3.63) is 34.7 Å². The quantitative estimate of drug-likeness (QED) is 0.234. The van der Waals surface area contributed by atoms with Crippen LogP contribution in [0, 0.1) is 17.8 Å². The zero-order valence-corrected chi connectivity index (χ0v) is 21.0. The fourth-order valence-electron chi connectivity index (χ4n) is 7.99. The Balaban J connectivity index is 1.17. The van der Waals surface area contributed by atoms with Crippen molar-refractivity contribution in [2.45, 2.75) is 77.0 Å². The molecule has 5 aliphatic rings. The Bertz CT molecular complexity index is 1200. The van der Waals surface area contributed by atoms with Crippen LogP contribution >= 0.6 is 0 Å². The molecule has 1 amide bonds. The molecule has 10 nitrogen and oxygen atoms in total. The van der Waals surface area contributed by atoms with Gasteiger partial charge in [0.2, 0.25) is 5.91 Å². The van der Waals surface area contributed by atoms with Crippen molar-refractivity contribution >= 4 is 23.8 Å². The summed E-state index contributed by atoms with van der Waals surface area (Å²) in [6, 6.07) is 4.36. The van der Waals surface area contributed by atoms with Crippen molar-refractivity contribution < 1.29 is 14.7 Å². The number of pyridine rings is 1. The van der Waals surface area contributed by atoms with Crippen LogP contribution in [-0.2, 0) is 9.59 Å². The summed E-state index contributed by atoms with van der Waals surface area (Å²) in [5, 5.41) is 15.8. The van der Waals surface area contributed by atoms with Gasteiger partial charge in [-0.05, 0) is 58.4 Å². The number of ketones is 1. The standard InChI is InChI=1S/C26H35N7O3/c1-15-18(4-5-19(15)34)31-10-9-25(24(31)36)11-22-26(13-25)8-7-21(26)32(22)12-20(35)17-3-6-23(30-16(17)2)33(28)14-29-27/h3,6,14,20-22,35H,4-5,7-13,27-28H2,1-2H3/b29-14-. The Morgan fingerprint density at radius 3 is 2.72 bits per heavy atom. The Morgan fingerprint density at radius 2 is 2.08 bits per heavy atom. The number of likely N-dealkylation sites (tertiary alicyclic amines) is 2. The van der Waals surface area contributed by atoms with Crippen molar-refractivity contribution in [2.75, 3.05) is 18.1 Å². The van der Waals surface area contributed by atoms with Crippen molar-refractivity contribution in [3.8, 4) is 0 Å². The van der Waals surface area contributed by atoms with Gasteiger partial charge in [0.25, 0.3) is 0 Å². The predicted molar refractivity (Wildman–Crippen MR) is 134 cm³/mol. The molecule has 3 heterocycles. The van der Waals surface area contributed by atoms with Crippen LogP contribution in [-0.4, -0.2) is 63.1 Å². The zero-order chi connectivity index (χ0) is 25.4. The first-order chi connectivity index (χ1) is 17.2. The van der Waals surface area contributed by atoms with Gasteiger partial charge in [0.1, 0.15) is 12.2 Å². The van der Waals surface area contributed by atoms with E-state index in [4.69, 9.17) is 11.7 Å². The lowest BCUT2D eigenvalue weighted by Gasteiger charge is -2.69. The Labute approximate surface area is 211 Å². The Hall–Kier alpha value is -2.82. The highest BCUT2D eigenvalue weighted by Crippen LogP contribution is 2.71. The molecule has 4 fully saturated rings. The molecule has 6 rings (SSSR count). The molecule has 5 atom stereocenters. The summed E-state index contributed by atoms with van der Waals surface area (Å²) in [5.74, 6) is 11.9. The first kappa shape index (κ1) is 23.6. The number of nitrogens with two attached hydrogens (primary N) is 2. The van der Waals surface area contributed by atoms with Gasteiger partial charge < -0.3 is 15.8 Å². The van der Waals surface area contributed by atoms with Crippen LogP contribution in [0.25, 0.3) is 0 Å². The summed E-state index contributed by atoms with van der Waals surface area (Å²) in [6.45, 7) is 4.98. The van der Waals surface area contributed by atoms with E-state index in [0.29, 0.717) is 43.0 Å². The first-order valence-corrected chi connectivity index (χ1v) is 12.9. The molecule has 2 spiro atoms. The molecule has 0 bridgehead atoms. The second-order valence-corrected chi connectivity index (χ2v) is 11.4. The third-order valence-electron chi connectivity index (χ3n) is 9.85. The number of piperidine rings is 1. The average molecular weight is 494 g/mol. The smallest absolute Gasteiger partial charge is 0.233 e. The number of hydrazone groups is 1. The molecule has 0 radical (unpaired) electrons. The third-order valence-corrected chi connectivity index (χ3v) is 9.85. The zero-order valence-electron chi connectivity index (χ0n) is 21.0. The summed E-state index contributed by atoms with van der Waals surface area (Å²) in [4.78, 5) is 34.7. The van der Waals surface area contributed by atoms with Crippen molar-refractivity contribution in [3.63, 3.8) is 0 Å². The van der Waals surface area contributed by atoms with E-state index in [9.17, 15) is 14.7 Å². The van der Waals surface area contributed by atoms with Gasteiger partial charge in [-0.2, -0.15) is 5.10 Å². The normalized spacial score (nSPS) is 34.4. The number of rotatable bonds is 6. The summed E-state index contributed by atoms with van der Waals surface area (Å²) >= 11 is 0. The summed E-state index contributed by atoms with van der Waals surface area (Å²) < 4.78 is 0. The van der Waals surface area contributed by atoms with E-state index in [1.54, 1.807) is 6.07 Å². The number of carbonyl (C=O) groups excluding carboxylic acids is 2. The monoisotopic (exact) mass is 493 g/mol. The minimum absolute atomic E-state index is 0.174. The highest BCUT2D eigenvalue weighted by molar-refractivity contribution is 5.99. The number of aliphatic hydroxyl groups excluding tert-OH is 1. The number of β-amino-alcohol motifs (C(OH)–C–C–N with tert-alkyl or cyclic N) is 1. The molecular weight excluding hydrogens is 458 g/mol. The lowest BCUT2D eigenvalue weighted by molar-refractivity contribution is -0.197. The van der Waals surface area contributed by atoms with Crippen LogP contribution in [0.1, 0.15) is 69.2 Å². The maximum Gasteiger partial charge on any atom is 0.233 e. The molecule has 10 heteroatoms. The number of anilines is 1. The number of carbonyl (C=O) groups is 2. The maximum atomic E-state index is 13.8. The number of aryl methyl sites for hydroxylation is 1. The van der Waals surface area contributed by atoms with E-state index in [0.717, 1.165) is 55.5 Å². The third kappa shape index (κ3) is 3.13. The van der Waals surface area contributed by atoms with Gasteiger partial charge in [-0.25, -0.2) is 15.8 Å². The number of Topliss-reactive ketones (excluding diaryl/α,β-unsaturated/α-hetero) is 1. The first-order valence-electron chi connectivity index (χ1n) is 12.9. The Kier molecular flexibility index (Phi) is 5.30. The van der Waals surface area contributed by atoms with Crippen molar-refractivity contribution in [1.82, 2.24) is 14.8 Å². The lowest BCUT2D eigenvalue weighted by atomic mass is 9.53. The van der Waals surface area contributed by atoms with Gasteiger partial charge >= 0.3 is 0 Å². The minimum Gasteiger partial charge on any atom is -0.387 e. The predicted octanol–water partition coefficient (Wildman–Crippen LogP) is 1.49. The molecule has 36 heavy (non-hydrogen) atoms. The van der Waals surface area contributed by atoms with Gasteiger partial charge in [-0.15, -0.1) is 0 Å². The SMILES string of the molecule is CC1=C(N2CCC3(CC4N(CC(O)c5ccc(N(N)/C=N\N)nc5C)C5CCC54C3)C2=O)CCC1=O. The molecule has 3 aliphatic carbocycles. The highest BCUT2D eigenvalue weighted by Gasteiger charge is 2.74. The van der Waals surface area contributed by atoms with Gasteiger partial charge in [0.05, 0.1) is 11.5 Å². The molecule has 5 unspecified atom stereocenters. The summed E-state index contributed by atoms with van der Waals surface area (Å²) in [7, 11) is 0. The van der Waals surface area contributed by atoms with Crippen LogP contribution in [0.3, 0.4) is 0 Å².